The third-order valence-electron chi connectivity index (χ3n) is 2.12. The summed E-state index contributed by atoms with van der Waals surface area (Å²) in [6.07, 6.45) is 1.50. The van der Waals surface area contributed by atoms with Gasteiger partial charge in [-0.25, -0.2) is 13.2 Å². The Morgan fingerprint density at radius 1 is 1.18 bits per heavy atom. The minimum absolute atomic E-state index is 0.178. The topological polar surface area (TPSA) is 55.9 Å². The Morgan fingerprint density at radius 3 is 2.41 bits per heavy atom. The molecule has 4 nitrogen and oxygen atoms in total. The van der Waals surface area contributed by atoms with E-state index in [4.69, 9.17) is 5.73 Å². The molecule has 1 heterocycles. The number of nitrogens with one attached hydrogen (secondary N) is 1. The van der Waals surface area contributed by atoms with Gasteiger partial charge in [0.25, 0.3) is 0 Å². The summed E-state index contributed by atoms with van der Waals surface area (Å²) in [7, 11) is 1.63. The predicted octanol–water partition coefficient (Wildman–Crippen LogP) is 2.16. The molecule has 0 radical (unpaired) electrons. The summed E-state index contributed by atoms with van der Waals surface area (Å²) in [5.74, 6) is -3.14. The van der Waals surface area contributed by atoms with E-state index in [0.717, 1.165) is 0 Å². The van der Waals surface area contributed by atoms with Gasteiger partial charge in [-0.2, -0.15) is 5.10 Å². The van der Waals surface area contributed by atoms with Gasteiger partial charge in [0.05, 0.1) is 11.4 Å². The highest BCUT2D eigenvalue weighted by molar-refractivity contribution is 5.68. The van der Waals surface area contributed by atoms with Gasteiger partial charge in [0, 0.05) is 25.4 Å². The summed E-state index contributed by atoms with van der Waals surface area (Å²) in [4.78, 5) is 0. The van der Waals surface area contributed by atoms with Crippen molar-refractivity contribution >= 4 is 17.2 Å². The maximum atomic E-state index is 13.3. The number of nitrogens with zero attached hydrogens (tertiary/aromatic N) is 2. The molecule has 0 saturated carbocycles. The van der Waals surface area contributed by atoms with Gasteiger partial charge in [0.1, 0.15) is 5.82 Å². The number of nitrogen functional groups attached to an aromatic ring is 1. The Balaban J connectivity index is 2.36. The van der Waals surface area contributed by atoms with Crippen molar-refractivity contribution in [2.45, 2.75) is 0 Å². The molecule has 7 heteroatoms. The van der Waals surface area contributed by atoms with Crippen molar-refractivity contribution in [3.63, 3.8) is 0 Å². The van der Waals surface area contributed by atoms with E-state index in [2.05, 4.69) is 10.4 Å². The minimum Gasteiger partial charge on any atom is -0.394 e. The van der Waals surface area contributed by atoms with Crippen molar-refractivity contribution in [1.29, 1.82) is 0 Å². The fourth-order valence-electron chi connectivity index (χ4n) is 1.35. The molecule has 0 amide bonds. The molecular weight excluding hydrogens is 233 g/mol. The number of rotatable bonds is 2. The van der Waals surface area contributed by atoms with E-state index in [0.29, 0.717) is 12.1 Å². The summed E-state index contributed by atoms with van der Waals surface area (Å²) >= 11 is 0. The van der Waals surface area contributed by atoms with Crippen LogP contribution >= 0.6 is 0 Å². The number of nitrogens with two attached hydrogens (primary N) is 1. The first kappa shape index (κ1) is 11.3. The number of hydrogen-bond acceptors (Lipinski definition) is 3. The molecule has 3 N–H and O–H groups in total. The van der Waals surface area contributed by atoms with Crippen molar-refractivity contribution in [1.82, 2.24) is 9.78 Å². The molecule has 0 atom stereocenters. The van der Waals surface area contributed by atoms with Crippen molar-refractivity contribution in [2.24, 2.45) is 7.05 Å². The molecule has 2 rings (SSSR count). The molecule has 0 spiro atoms. The fourth-order valence-corrected chi connectivity index (χ4v) is 1.35. The van der Waals surface area contributed by atoms with Crippen LogP contribution in [0.1, 0.15) is 0 Å². The molecule has 0 unspecified atom stereocenters. The average molecular weight is 242 g/mol. The van der Waals surface area contributed by atoms with Crippen molar-refractivity contribution in [3.05, 3.63) is 35.8 Å². The molecule has 1 aromatic heterocycles. The molecule has 2 aromatic rings. The molecule has 0 aliphatic rings. The van der Waals surface area contributed by atoms with Crippen LogP contribution in [0.25, 0.3) is 0 Å². The second-order valence-electron chi connectivity index (χ2n) is 3.48. The average Bonchev–Trinajstić information content (AvgIpc) is 2.54. The lowest BCUT2D eigenvalue weighted by Crippen LogP contribution is -2.00. The second kappa shape index (κ2) is 4.00. The first-order chi connectivity index (χ1) is 7.97. The zero-order valence-corrected chi connectivity index (χ0v) is 8.84. The van der Waals surface area contributed by atoms with Crippen LogP contribution in [-0.4, -0.2) is 9.78 Å². The lowest BCUT2D eigenvalue weighted by molar-refractivity contribution is 0.496. The van der Waals surface area contributed by atoms with Crippen LogP contribution < -0.4 is 11.1 Å². The van der Waals surface area contributed by atoms with E-state index >= 15 is 0 Å². The standard InChI is InChI=1S/C10H9F3N4/c1-17-4-8(14)10(16-17)15-9-3-6(12)5(11)2-7(9)13/h2-4H,14H2,1H3,(H,15,16). The van der Waals surface area contributed by atoms with Crippen LogP contribution in [0.2, 0.25) is 0 Å². The van der Waals surface area contributed by atoms with E-state index in [-0.39, 0.29) is 17.2 Å². The smallest absolute Gasteiger partial charge is 0.175 e. The van der Waals surface area contributed by atoms with Gasteiger partial charge in [0.2, 0.25) is 0 Å². The van der Waals surface area contributed by atoms with Gasteiger partial charge in [-0.15, -0.1) is 0 Å². The zero-order chi connectivity index (χ0) is 12.6. The summed E-state index contributed by atoms with van der Waals surface area (Å²) in [5, 5.41) is 6.39. The van der Waals surface area contributed by atoms with Crippen molar-refractivity contribution < 1.29 is 13.2 Å². The molecule has 0 fully saturated rings. The van der Waals surface area contributed by atoms with Crippen LogP contribution in [0.4, 0.5) is 30.4 Å². The molecule has 0 aliphatic heterocycles. The molecule has 0 saturated heterocycles. The maximum absolute atomic E-state index is 13.3. The highest BCUT2D eigenvalue weighted by Crippen LogP contribution is 2.24. The van der Waals surface area contributed by atoms with Gasteiger partial charge in [-0.05, 0) is 0 Å². The molecule has 0 aliphatic carbocycles. The van der Waals surface area contributed by atoms with E-state index in [9.17, 15) is 13.2 Å². The third-order valence-corrected chi connectivity index (χ3v) is 2.12. The number of halogens is 3. The van der Waals surface area contributed by atoms with Gasteiger partial charge in [-0.3, -0.25) is 4.68 Å². The quantitative estimate of drug-likeness (QED) is 0.793. The third kappa shape index (κ3) is 2.17. The normalized spacial score (nSPS) is 10.6. The van der Waals surface area contributed by atoms with E-state index in [1.165, 1.54) is 10.9 Å². The largest absolute Gasteiger partial charge is 0.394 e. The van der Waals surface area contributed by atoms with E-state index in [1.807, 2.05) is 0 Å². The van der Waals surface area contributed by atoms with E-state index in [1.54, 1.807) is 7.05 Å². The first-order valence-electron chi connectivity index (χ1n) is 4.68. The summed E-state index contributed by atoms with van der Waals surface area (Å²) in [6, 6.07) is 1.16. The summed E-state index contributed by atoms with van der Waals surface area (Å²) in [6.45, 7) is 0. The highest BCUT2D eigenvalue weighted by atomic mass is 19.2. The highest BCUT2D eigenvalue weighted by Gasteiger charge is 2.12. The molecule has 17 heavy (non-hydrogen) atoms. The van der Waals surface area contributed by atoms with Gasteiger partial charge < -0.3 is 11.1 Å². The fraction of sp³-hybridized carbons (Fsp3) is 0.100. The van der Waals surface area contributed by atoms with Crippen LogP contribution in [-0.2, 0) is 7.05 Å². The number of anilines is 3. The monoisotopic (exact) mass is 242 g/mol. The predicted molar refractivity (Wildman–Crippen MR) is 57.2 cm³/mol. The Kier molecular flexibility index (Phi) is 2.66. The molecule has 0 bridgehead atoms. The Hall–Kier alpha value is -2.18. The zero-order valence-electron chi connectivity index (χ0n) is 8.84. The molecule has 1 aromatic carbocycles. The second-order valence-corrected chi connectivity index (χ2v) is 3.48. The number of aromatic nitrogens is 2. The van der Waals surface area contributed by atoms with Gasteiger partial charge in [-0.1, -0.05) is 0 Å². The number of benzene rings is 1. The maximum Gasteiger partial charge on any atom is 0.175 e. The van der Waals surface area contributed by atoms with E-state index < -0.39 is 17.5 Å². The lowest BCUT2D eigenvalue weighted by atomic mass is 10.3. The summed E-state index contributed by atoms with van der Waals surface area (Å²) in [5.41, 5.74) is 5.62. The summed E-state index contributed by atoms with van der Waals surface area (Å²) < 4.78 is 40.3. The van der Waals surface area contributed by atoms with Crippen LogP contribution in [0.3, 0.4) is 0 Å². The van der Waals surface area contributed by atoms with Gasteiger partial charge in [0.15, 0.2) is 17.5 Å². The lowest BCUT2D eigenvalue weighted by Gasteiger charge is -2.06. The van der Waals surface area contributed by atoms with Crippen molar-refractivity contribution in [2.75, 3.05) is 11.1 Å². The molecular formula is C10H9F3N4. The number of hydrogen-bond donors (Lipinski definition) is 2. The Labute approximate surface area is 94.8 Å². The Morgan fingerprint density at radius 2 is 1.82 bits per heavy atom. The Bertz CT molecular complexity index is 565. The van der Waals surface area contributed by atoms with Crippen LogP contribution in [0.5, 0.6) is 0 Å². The number of aryl methyl sites for hydroxylation is 1. The van der Waals surface area contributed by atoms with Crippen LogP contribution in [0, 0.1) is 17.5 Å². The first-order valence-corrected chi connectivity index (χ1v) is 4.68. The van der Waals surface area contributed by atoms with Crippen molar-refractivity contribution in [3.8, 4) is 0 Å². The van der Waals surface area contributed by atoms with Gasteiger partial charge >= 0.3 is 0 Å². The SMILES string of the molecule is Cn1cc(N)c(Nc2cc(F)c(F)cc2F)n1. The molecule has 90 valence electrons. The minimum atomic E-state index is -1.25. The van der Waals surface area contributed by atoms with Crippen LogP contribution in [0.15, 0.2) is 18.3 Å².